The Balaban J connectivity index is 1.23. The summed E-state index contributed by atoms with van der Waals surface area (Å²) >= 11 is 0. The molecule has 6 heteroatoms. The molecule has 1 aliphatic carbocycles. The molecule has 2 aromatic carbocycles. The second-order valence-corrected chi connectivity index (χ2v) is 8.60. The van der Waals surface area contributed by atoms with E-state index in [0.29, 0.717) is 38.5 Å². The smallest absolute Gasteiger partial charge is 0.120 e. The largest absolute Gasteiger partial charge is 0.491 e. The second kappa shape index (κ2) is 8.36. The Morgan fingerprint density at radius 1 is 1.03 bits per heavy atom. The van der Waals surface area contributed by atoms with Crippen LogP contribution in [-0.4, -0.2) is 58.3 Å². The van der Waals surface area contributed by atoms with Gasteiger partial charge in [-0.2, -0.15) is 5.10 Å². The van der Waals surface area contributed by atoms with Crippen LogP contribution in [0.25, 0.3) is 21.9 Å². The van der Waals surface area contributed by atoms with Crippen LogP contribution in [0.2, 0.25) is 0 Å². The minimum Gasteiger partial charge on any atom is -0.491 e. The van der Waals surface area contributed by atoms with Gasteiger partial charge >= 0.3 is 0 Å². The Labute approximate surface area is 176 Å². The van der Waals surface area contributed by atoms with Gasteiger partial charge < -0.3 is 14.7 Å². The minimum absolute atomic E-state index is 0.231. The molecule has 1 atom stereocenters. The van der Waals surface area contributed by atoms with Gasteiger partial charge in [0, 0.05) is 31.4 Å². The predicted molar refractivity (Wildman–Crippen MR) is 116 cm³/mol. The topological polar surface area (TPSA) is 50.5 Å². The Kier molecular flexibility index (Phi) is 5.44. The van der Waals surface area contributed by atoms with Crippen LogP contribution in [0.4, 0.5) is 4.39 Å². The summed E-state index contributed by atoms with van der Waals surface area (Å²) in [5.41, 5.74) is 2.27. The number of aliphatic hydroxyl groups is 1. The second-order valence-electron chi connectivity index (χ2n) is 8.60. The van der Waals surface area contributed by atoms with Crippen molar-refractivity contribution in [1.82, 2.24) is 14.7 Å². The van der Waals surface area contributed by atoms with Crippen LogP contribution in [0.3, 0.4) is 0 Å². The highest BCUT2D eigenvalue weighted by Crippen LogP contribution is 2.35. The first-order valence-electron chi connectivity index (χ1n) is 10.9. The molecule has 158 valence electrons. The summed E-state index contributed by atoms with van der Waals surface area (Å²) in [6.45, 7) is 2.16. The first-order valence-corrected chi connectivity index (χ1v) is 10.9. The van der Waals surface area contributed by atoms with Crippen LogP contribution in [0, 0.1) is 0 Å². The fourth-order valence-electron chi connectivity index (χ4n) is 4.15. The van der Waals surface area contributed by atoms with Crippen molar-refractivity contribution in [2.75, 3.05) is 26.2 Å². The molecule has 1 unspecified atom stereocenters. The molecule has 1 saturated carbocycles. The summed E-state index contributed by atoms with van der Waals surface area (Å²) in [7, 11) is 0. The van der Waals surface area contributed by atoms with E-state index in [2.05, 4.69) is 39.1 Å². The standard InChI is InChI=1S/C24H28FN3O2/c25-21-7-9-27(10-8-21)15-23(29)16-30-24-6-3-17-1-2-18(11-19(17)12-24)20-13-26-28(14-20)22-4-5-22/h1-3,6,11-14,21-23,29H,4-5,7-10,15-16H2. The van der Waals surface area contributed by atoms with E-state index in [9.17, 15) is 9.50 Å². The van der Waals surface area contributed by atoms with Crippen LogP contribution >= 0.6 is 0 Å². The number of alkyl halides is 1. The van der Waals surface area contributed by atoms with E-state index in [-0.39, 0.29) is 6.61 Å². The Morgan fingerprint density at radius 3 is 2.63 bits per heavy atom. The molecule has 5 nitrogen and oxygen atoms in total. The third-order valence-electron chi connectivity index (χ3n) is 6.10. The van der Waals surface area contributed by atoms with Crippen molar-refractivity contribution in [1.29, 1.82) is 0 Å². The summed E-state index contributed by atoms with van der Waals surface area (Å²) in [6.07, 6.45) is 6.33. The van der Waals surface area contributed by atoms with Crippen molar-refractivity contribution in [3.63, 3.8) is 0 Å². The molecule has 1 aliphatic heterocycles. The molecule has 2 aliphatic rings. The van der Waals surface area contributed by atoms with Gasteiger partial charge in [0.25, 0.3) is 0 Å². The number of rotatable bonds is 7. The number of benzene rings is 2. The summed E-state index contributed by atoms with van der Waals surface area (Å²) in [4.78, 5) is 2.11. The molecule has 5 rings (SSSR count). The monoisotopic (exact) mass is 409 g/mol. The molecule has 0 radical (unpaired) electrons. The van der Waals surface area contributed by atoms with Gasteiger partial charge in [-0.05, 0) is 60.2 Å². The van der Waals surface area contributed by atoms with Gasteiger partial charge in [0.05, 0.1) is 12.2 Å². The molecule has 2 heterocycles. The van der Waals surface area contributed by atoms with E-state index in [1.165, 1.54) is 12.8 Å². The zero-order valence-corrected chi connectivity index (χ0v) is 17.1. The Bertz CT molecular complexity index is 1010. The van der Waals surface area contributed by atoms with Crippen molar-refractivity contribution in [2.24, 2.45) is 0 Å². The van der Waals surface area contributed by atoms with Gasteiger partial charge in [0.15, 0.2) is 0 Å². The van der Waals surface area contributed by atoms with Crippen molar-refractivity contribution >= 4 is 10.8 Å². The van der Waals surface area contributed by atoms with E-state index in [1.54, 1.807) is 0 Å². The van der Waals surface area contributed by atoms with Crippen LogP contribution in [0.1, 0.15) is 31.7 Å². The fraction of sp³-hybridized carbons (Fsp3) is 0.458. The van der Waals surface area contributed by atoms with Crippen molar-refractivity contribution in [3.8, 4) is 16.9 Å². The van der Waals surface area contributed by atoms with E-state index in [1.807, 2.05) is 24.4 Å². The Morgan fingerprint density at radius 2 is 1.83 bits per heavy atom. The summed E-state index contributed by atoms with van der Waals surface area (Å²) < 4.78 is 21.2. The maximum absolute atomic E-state index is 13.2. The van der Waals surface area contributed by atoms with E-state index in [4.69, 9.17) is 4.74 Å². The summed E-state index contributed by atoms with van der Waals surface area (Å²) in [5, 5.41) is 17.1. The van der Waals surface area contributed by atoms with Crippen molar-refractivity contribution in [3.05, 3.63) is 48.8 Å². The molecule has 1 N–H and O–H groups in total. The highest BCUT2D eigenvalue weighted by molar-refractivity contribution is 5.88. The fourth-order valence-corrected chi connectivity index (χ4v) is 4.15. The lowest BCUT2D eigenvalue weighted by Crippen LogP contribution is -2.41. The van der Waals surface area contributed by atoms with Gasteiger partial charge in [-0.1, -0.05) is 18.2 Å². The molecular weight excluding hydrogens is 381 g/mol. The summed E-state index contributed by atoms with van der Waals surface area (Å²) in [6, 6.07) is 13.0. The zero-order chi connectivity index (χ0) is 20.5. The molecular formula is C24H28FN3O2. The highest BCUT2D eigenvalue weighted by Gasteiger charge is 2.24. The number of fused-ring (bicyclic) bond motifs is 1. The highest BCUT2D eigenvalue weighted by atomic mass is 19.1. The number of likely N-dealkylation sites (tertiary alicyclic amines) is 1. The third kappa shape index (κ3) is 4.50. The van der Waals surface area contributed by atoms with Crippen molar-refractivity contribution in [2.45, 2.75) is 44.0 Å². The molecule has 30 heavy (non-hydrogen) atoms. The van der Waals surface area contributed by atoms with Gasteiger partial charge in [0.2, 0.25) is 0 Å². The summed E-state index contributed by atoms with van der Waals surface area (Å²) in [5.74, 6) is 0.745. The van der Waals surface area contributed by atoms with Crippen LogP contribution in [-0.2, 0) is 0 Å². The third-order valence-corrected chi connectivity index (χ3v) is 6.10. The molecule has 0 bridgehead atoms. The lowest BCUT2D eigenvalue weighted by atomic mass is 10.0. The number of aliphatic hydroxyl groups excluding tert-OH is 1. The minimum atomic E-state index is -0.694. The molecule has 0 spiro atoms. The number of β-amino-alcohol motifs (C(OH)–C–C–N with tert-alkyl or cyclic N) is 1. The number of ether oxygens (including phenoxy) is 1. The van der Waals surface area contributed by atoms with Crippen LogP contribution in [0.5, 0.6) is 5.75 Å². The molecule has 1 aromatic heterocycles. The zero-order valence-electron chi connectivity index (χ0n) is 17.1. The van der Waals surface area contributed by atoms with Gasteiger partial charge in [-0.3, -0.25) is 4.68 Å². The number of hydrogen-bond acceptors (Lipinski definition) is 4. The van der Waals surface area contributed by atoms with E-state index < -0.39 is 12.3 Å². The predicted octanol–water partition coefficient (Wildman–Crippen LogP) is 4.21. The van der Waals surface area contributed by atoms with Crippen LogP contribution in [0.15, 0.2) is 48.8 Å². The lowest BCUT2D eigenvalue weighted by Gasteiger charge is -2.30. The van der Waals surface area contributed by atoms with Gasteiger partial charge in [-0.25, -0.2) is 4.39 Å². The number of aromatic nitrogens is 2. The number of hydrogen-bond donors (Lipinski definition) is 1. The quantitative estimate of drug-likeness (QED) is 0.635. The number of nitrogens with zero attached hydrogens (tertiary/aromatic N) is 3. The van der Waals surface area contributed by atoms with Crippen LogP contribution < -0.4 is 4.74 Å². The first-order chi connectivity index (χ1) is 14.6. The van der Waals surface area contributed by atoms with E-state index in [0.717, 1.165) is 27.6 Å². The molecule has 3 aromatic rings. The normalized spacial score (nSPS) is 19.3. The Hall–Kier alpha value is -2.44. The maximum atomic E-state index is 13.2. The average molecular weight is 410 g/mol. The number of piperidine rings is 1. The lowest BCUT2D eigenvalue weighted by molar-refractivity contribution is 0.0508. The SMILES string of the molecule is OC(COc1ccc2ccc(-c3cnn(C4CC4)c3)cc2c1)CN1CCC(F)CC1. The maximum Gasteiger partial charge on any atom is 0.120 e. The van der Waals surface area contributed by atoms with E-state index >= 15 is 0 Å². The molecule has 1 saturated heterocycles. The molecule has 0 amide bonds. The number of halogens is 1. The van der Waals surface area contributed by atoms with Gasteiger partial charge in [0.1, 0.15) is 24.6 Å². The van der Waals surface area contributed by atoms with Crippen molar-refractivity contribution < 1.29 is 14.2 Å². The molecule has 2 fully saturated rings. The average Bonchev–Trinajstić information content (AvgIpc) is 3.50. The van der Waals surface area contributed by atoms with Gasteiger partial charge in [-0.15, -0.1) is 0 Å². The first kappa shape index (κ1) is 19.5.